The third-order valence-corrected chi connectivity index (χ3v) is 3.34. The Morgan fingerprint density at radius 1 is 1.06 bits per heavy atom. The predicted octanol–water partition coefficient (Wildman–Crippen LogP) is 1.10. The highest BCUT2D eigenvalue weighted by atomic mass is 16.6. The molecule has 0 aliphatic carbocycles. The fourth-order valence-corrected chi connectivity index (χ4v) is 2.25. The van der Waals surface area contributed by atoms with Gasteiger partial charge in [0.15, 0.2) is 0 Å². The zero-order valence-corrected chi connectivity index (χ0v) is 10.7. The lowest BCUT2D eigenvalue weighted by Crippen LogP contribution is -2.56. The fourth-order valence-electron chi connectivity index (χ4n) is 2.25. The minimum absolute atomic E-state index is 0.234. The third-order valence-electron chi connectivity index (χ3n) is 3.34. The highest BCUT2D eigenvalue weighted by Gasteiger charge is 2.41. The van der Waals surface area contributed by atoms with E-state index < -0.39 is 18.3 Å². The average molecular weight is 252 g/mol. The van der Waals surface area contributed by atoms with Crippen LogP contribution in [0.1, 0.15) is 19.4 Å². The van der Waals surface area contributed by atoms with Crippen molar-refractivity contribution in [2.75, 3.05) is 0 Å². The van der Waals surface area contributed by atoms with E-state index in [0.29, 0.717) is 6.61 Å². The molecule has 0 spiro atoms. The van der Waals surface area contributed by atoms with Gasteiger partial charge in [-0.25, -0.2) is 0 Å². The van der Waals surface area contributed by atoms with Crippen LogP contribution >= 0.6 is 0 Å². The van der Waals surface area contributed by atoms with E-state index >= 15 is 0 Å². The SMILES string of the molecule is CC1O[C@@H](C)C(O)[C@@H](O)[C@@H]1OCc1ccccc1. The Hall–Kier alpha value is -0.940. The molecule has 2 N–H and O–H groups in total. The zero-order chi connectivity index (χ0) is 13.1. The van der Waals surface area contributed by atoms with E-state index in [1.54, 1.807) is 6.92 Å². The van der Waals surface area contributed by atoms with Gasteiger partial charge in [-0.1, -0.05) is 30.3 Å². The topological polar surface area (TPSA) is 58.9 Å². The normalized spacial score (nSPS) is 36.6. The van der Waals surface area contributed by atoms with Crippen LogP contribution < -0.4 is 0 Å². The molecule has 1 aliphatic rings. The lowest BCUT2D eigenvalue weighted by molar-refractivity contribution is -0.228. The molecule has 0 bridgehead atoms. The van der Waals surface area contributed by atoms with Crippen LogP contribution in [-0.2, 0) is 16.1 Å². The molecule has 0 saturated carbocycles. The fraction of sp³-hybridized carbons (Fsp3) is 0.571. The Kier molecular flexibility index (Phi) is 4.35. The van der Waals surface area contributed by atoms with Gasteiger partial charge in [0.05, 0.1) is 18.8 Å². The number of aliphatic hydroxyl groups excluding tert-OH is 2. The molecule has 1 saturated heterocycles. The van der Waals surface area contributed by atoms with E-state index in [0.717, 1.165) is 5.56 Å². The Labute approximate surface area is 107 Å². The first-order valence-electron chi connectivity index (χ1n) is 6.26. The lowest BCUT2D eigenvalue weighted by Gasteiger charge is -2.40. The molecule has 0 radical (unpaired) electrons. The molecule has 0 aromatic heterocycles. The predicted molar refractivity (Wildman–Crippen MR) is 67.0 cm³/mol. The van der Waals surface area contributed by atoms with Gasteiger partial charge in [-0.15, -0.1) is 0 Å². The summed E-state index contributed by atoms with van der Waals surface area (Å²) in [5, 5.41) is 19.8. The summed E-state index contributed by atoms with van der Waals surface area (Å²) >= 11 is 0. The van der Waals surface area contributed by atoms with E-state index in [-0.39, 0.29) is 12.2 Å². The van der Waals surface area contributed by atoms with Gasteiger partial charge in [0.2, 0.25) is 0 Å². The smallest absolute Gasteiger partial charge is 0.112 e. The van der Waals surface area contributed by atoms with E-state index in [2.05, 4.69) is 0 Å². The number of ether oxygens (including phenoxy) is 2. The van der Waals surface area contributed by atoms with Gasteiger partial charge in [0.1, 0.15) is 18.3 Å². The first kappa shape index (κ1) is 13.5. The van der Waals surface area contributed by atoms with Crippen molar-refractivity contribution >= 4 is 0 Å². The van der Waals surface area contributed by atoms with Crippen molar-refractivity contribution in [2.45, 2.75) is 51.0 Å². The van der Waals surface area contributed by atoms with Crippen molar-refractivity contribution in [3.8, 4) is 0 Å². The summed E-state index contributed by atoms with van der Waals surface area (Å²) in [7, 11) is 0. The summed E-state index contributed by atoms with van der Waals surface area (Å²) in [5.74, 6) is 0. The number of rotatable bonds is 3. The van der Waals surface area contributed by atoms with Crippen LogP contribution in [0.25, 0.3) is 0 Å². The van der Waals surface area contributed by atoms with Crippen molar-refractivity contribution in [1.29, 1.82) is 0 Å². The van der Waals surface area contributed by atoms with Gasteiger partial charge >= 0.3 is 0 Å². The van der Waals surface area contributed by atoms with Gasteiger partial charge in [0, 0.05) is 0 Å². The molecular weight excluding hydrogens is 232 g/mol. The Morgan fingerprint density at radius 3 is 2.39 bits per heavy atom. The van der Waals surface area contributed by atoms with Gasteiger partial charge in [-0.2, -0.15) is 0 Å². The Balaban J connectivity index is 1.96. The van der Waals surface area contributed by atoms with Crippen LogP contribution in [0.3, 0.4) is 0 Å². The molecule has 1 aliphatic heterocycles. The van der Waals surface area contributed by atoms with Crippen LogP contribution in [0.5, 0.6) is 0 Å². The number of benzene rings is 1. The lowest BCUT2D eigenvalue weighted by atomic mass is 9.96. The van der Waals surface area contributed by atoms with Crippen LogP contribution in [-0.4, -0.2) is 40.7 Å². The van der Waals surface area contributed by atoms with Gasteiger partial charge in [-0.05, 0) is 19.4 Å². The monoisotopic (exact) mass is 252 g/mol. The number of hydrogen-bond donors (Lipinski definition) is 2. The van der Waals surface area contributed by atoms with Crippen LogP contribution in [0.15, 0.2) is 30.3 Å². The van der Waals surface area contributed by atoms with Gasteiger partial charge in [-0.3, -0.25) is 0 Å². The molecule has 5 atom stereocenters. The molecule has 1 heterocycles. The Bertz CT molecular complexity index is 367. The summed E-state index contributed by atoms with van der Waals surface area (Å²) < 4.78 is 11.2. The van der Waals surface area contributed by atoms with Gasteiger partial charge in [0.25, 0.3) is 0 Å². The van der Waals surface area contributed by atoms with Crippen molar-refractivity contribution < 1.29 is 19.7 Å². The standard InChI is InChI=1S/C14H20O4/c1-9-12(15)13(16)14(10(2)18-9)17-8-11-6-4-3-5-7-11/h3-7,9-10,12-16H,8H2,1-2H3/t9-,10?,12?,13+,14+/m0/s1. The Morgan fingerprint density at radius 2 is 1.72 bits per heavy atom. The van der Waals surface area contributed by atoms with Crippen LogP contribution in [0, 0.1) is 0 Å². The molecule has 1 fully saturated rings. The maximum atomic E-state index is 10.0. The molecule has 100 valence electrons. The summed E-state index contributed by atoms with van der Waals surface area (Å²) in [5.41, 5.74) is 1.03. The third kappa shape index (κ3) is 2.90. The van der Waals surface area contributed by atoms with Crippen molar-refractivity contribution in [1.82, 2.24) is 0 Å². The highest BCUT2D eigenvalue weighted by Crippen LogP contribution is 2.23. The minimum atomic E-state index is -0.910. The molecule has 1 aromatic rings. The van der Waals surface area contributed by atoms with Gasteiger partial charge < -0.3 is 19.7 Å². The molecule has 1 aromatic carbocycles. The summed E-state index contributed by atoms with van der Waals surface area (Å²) in [6.45, 7) is 4.00. The first-order chi connectivity index (χ1) is 8.59. The number of aliphatic hydroxyl groups is 2. The molecule has 2 rings (SSSR count). The van der Waals surface area contributed by atoms with E-state index in [1.165, 1.54) is 0 Å². The molecule has 0 amide bonds. The second-order valence-electron chi connectivity index (χ2n) is 4.79. The second kappa shape index (κ2) is 5.80. The average Bonchev–Trinajstić information content (AvgIpc) is 2.37. The summed E-state index contributed by atoms with van der Waals surface area (Å²) in [4.78, 5) is 0. The van der Waals surface area contributed by atoms with Crippen molar-refractivity contribution in [3.63, 3.8) is 0 Å². The highest BCUT2D eigenvalue weighted by molar-refractivity contribution is 5.13. The van der Waals surface area contributed by atoms with Crippen molar-refractivity contribution in [3.05, 3.63) is 35.9 Å². The molecular formula is C14H20O4. The van der Waals surface area contributed by atoms with E-state index in [1.807, 2.05) is 37.3 Å². The van der Waals surface area contributed by atoms with E-state index in [4.69, 9.17) is 9.47 Å². The maximum Gasteiger partial charge on any atom is 0.112 e. The molecule has 18 heavy (non-hydrogen) atoms. The molecule has 4 heteroatoms. The summed E-state index contributed by atoms with van der Waals surface area (Å²) in [6, 6.07) is 9.73. The van der Waals surface area contributed by atoms with Crippen LogP contribution in [0.4, 0.5) is 0 Å². The van der Waals surface area contributed by atoms with Crippen molar-refractivity contribution in [2.24, 2.45) is 0 Å². The maximum absolute atomic E-state index is 10.0. The zero-order valence-electron chi connectivity index (χ0n) is 10.7. The molecule has 4 nitrogen and oxygen atoms in total. The van der Waals surface area contributed by atoms with Crippen LogP contribution in [0.2, 0.25) is 0 Å². The molecule has 2 unspecified atom stereocenters. The largest absolute Gasteiger partial charge is 0.388 e. The first-order valence-corrected chi connectivity index (χ1v) is 6.26. The number of hydrogen-bond acceptors (Lipinski definition) is 4. The quantitative estimate of drug-likeness (QED) is 0.846. The minimum Gasteiger partial charge on any atom is -0.388 e. The van der Waals surface area contributed by atoms with E-state index in [9.17, 15) is 10.2 Å². The summed E-state index contributed by atoms with van der Waals surface area (Å²) in [6.07, 6.45) is -2.92. The second-order valence-corrected chi connectivity index (χ2v) is 4.79.